The van der Waals surface area contributed by atoms with E-state index in [2.05, 4.69) is 16.4 Å². The Labute approximate surface area is 125 Å². The molecule has 0 saturated heterocycles. The van der Waals surface area contributed by atoms with Crippen molar-refractivity contribution < 1.29 is 32.7 Å². The van der Waals surface area contributed by atoms with Crippen molar-refractivity contribution in [2.75, 3.05) is 5.32 Å². The van der Waals surface area contributed by atoms with E-state index in [1.165, 1.54) is 0 Å². The number of aryl methyl sites for hydroxylation is 1. The average Bonchev–Trinajstić information content (AvgIpc) is 2.25. The molecule has 0 aliphatic rings. The Morgan fingerprint density at radius 1 is 1.25 bits per heavy atom. The van der Waals surface area contributed by atoms with Gasteiger partial charge >= 0.3 is 0 Å². The average molecular weight is 307 g/mol. The van der Waals surface area contributed by atoms with Crippen LogP contribution in [0, 0.1) is 13.0 Å². The van der Waals surface area contributed by atoms with Gasteiger partial charge in [-0.1, -0.05) is 25.1 Å². The first kappa shape index (κ1) is 13.6. The van der Waals surface area contributed by atoms with Crippen molar-refractivity contribution in [1.29, 1.82) is 0 Å². The molecule has 0 bridgehead atoms. The van der Waals surface area contributed by atoms with Crippen molar-refractivity contribution in [1.82, 2.24) is 4.98 Å². The predicted octanol–water partition coefficient (Wildman–Crippen LogP) is 3.58. The molecule has 4 heteroatoms. The quantitative estimate of drug-likeness (QED) is 0.677. The van der Waals surface area contributed by atoms with Crippen molar-refractivity contribution in [3.8, 4) is 0 Å². The van der Waals surface area contributed by atoms with E-state index in [-0.39, 0.29) is 32.7 Å². The van der Waals surface area contributed by atoms with Crippen LogP contribution in [0.1, 0.15) is 5.56 Å². The zero-order chi connectivity index (χ0) is 10.7. The van der Waals surface area contributed by atoms with Crippen molar-refractivity contribution in [3.05, 3.63) is 53.2 Å². The molecule has 0 unspecified atom stereocenters. The van der Waals surface area contributed by atoms with Gasteiger partial charge in [-0.2, -0.15) is 6.07 Å². The SMILES string of the molecule is Cc1[c-]cc(Nc2ccccc2)nc1Cl.[Y]. The second-order valence-corrected chi connectivity index (χ2v) is 3.55. The van der Waals surface area contributed by atoms with Crippen molar-refractivity contribution >= 4 is 23.1 Å². The summed E-state index contributed by atoms with van der Waals surface area (Å²) in [6, 6.07) is 14.6. The minimum atomic E-state index is 0. The maximum atomic E-state index is 5.90. The molecule has 1 N–H and O–H groups in total. The molecule has 0 aliphatic heterocycles. The van der Waals surface area contributed by atoms with Crippen LogP contribution in [0.2, 0.25) is 5.15 Å². The molecule has 1 aromatic carbocycles. The topological polar surface area (TPSA) is 24.9 Å². The van der Waals surface area contributed by atoms with Gasteiger partial charge in [0.1, 0.15) is 0 Å². The Morgan fingerprint density at radius 2 is 1.94 bits per heavy atom. The number of nitrogens with zero attached hydrogens (tertiary/aromatic N) is 1. The van der Waals surface area contributed by atoms with Gasteiger partial charge in [-0.3, -0.25) is 0 Å². The van der Waals surface area contributed by atoms with Crippen LogP contribution in [0.3, 0.4) is 0 Å². The molecule has 0 amide bonds. The summed E-state index contributed by atoms with van der Waals surface area (Å²) in [7, 11) is 0. The third kappa shape index (κ3) is 3.55. The zero-order valence-electron chi connectivity index (χ0n) is 8.87. The van der Waals surface area contributed by atoms with Gasteiger partial charge in [0.15, 0.2) is 0 Å². The van der Waals surface area contributed by atoms with E-state index in [9.17, 15) is 0 Å². The molecule has 0 atom stereocenters. The van der Waals surface area contributed by atoms with Gasteiger partial charge in [0.25, 0.3) is 0 Å². The Kier molecular flexibility index (Phi) is 5.40. The first-order valence-corrected chi connectivity index (χ1v) is 5.00. The molecule has 0 saturated carbocycles. The van der Waals surface area contributed by atoms with E-state index in [0.29, 0.717) is 11.0 Å². The molecule has 1 radical (unpaired) electrons. The van der Waals surface area contributed by atoms with Crippen LogP contribution in [0.4, 0.5) is 11.5 Å². The number of halogens is 1. The minimum Gasteiger partial charge on any atom is -0.393 e. The Bertz CT molecular complexity index is 460. The van der Waals surface area contributed by atoms with Crippen molar-refractivity contribution in [2.45, 2.75) is 6.92 Å². The van der Waals surface area contributed by atoms with E-state index < -0.39 is 0 Å². The normalized spacial score (nSPS) is 9.38. The number of aromatic nitrogens is 1. The van der Waals surface area contributed by atoms with Crippen molar-refractivity contribution in [3.63, 3.8) is 0 Å². The third-order valence-corrected chi connectivity index (χ3v) is 2.37. The van der Waals surface area contributed by atoms with E-state index in [0.717, 1.165) is 11.3 Å². The number of benzene rings is 1. The van der Waals surface area contributed by atoms with Crippen LogP contribution < -0.4 is 5.32 Å². The number of anilines is 2. The largest absolute Gasteiger partial charge is 0.393 e. The van der Waals surface area contributed by atoms with Gasteiger partial charge in [-0.05, 0) is 12.1 Å². The summed E-state index contributed by atoms with van der Waals surface area (Å²) in [6.07, 6.45) is 0. The molecule has 2 nitrogen and oxygen atoms in total. The van der Waals surface area contributed by atoms with E-state index in [1.807, 2.05) is 37.3 Å². The summed E-state index contributed by atoms with van der Waals surface area (Å²) in [4.78, 5) is 4.19. The van der Waals surface area contributed by atoms with E-state index in [1.54, 1.807) is 6.07 Å². The molecule has 2 rings (SSSR count). The Morgan fingerprint density at radius 3 is 2.56 bits per heavy atom. The molecular formula is C12H10ClN2Y-. The summed E-state index contributed by atoms with van der Waals surface area (Å²) < 4.78 is 0. The van der Waals surface area contributed by atoms with Gasteiger partial charge in [-0.25, -0.2) is 0 Å². The van der Waals surface area contributed by atoms with Crippen molar-refractivity contribution in [2.24, 2.45) is 0 Å². The molecule has 79 valence electrons. The van der Waals surface area contributed by atoms with Crippen LogP contribution in [-0.4, -0.2) is 4.98 Å². The first-order chi connectivity index (χ1) is 7.25. The number of hydrogen-bond donors (Lipinski definition) is 1. The summed E-state index contributed by atoms with van der Waals surface area (Å²) >= 11 is 5.90. The van der Waals surface area contributed by atoms with E-state index >= 15 is 0 Å². The van der Waals surface area contributed by atoms with Gasteiger partial charge < -0.3 is 10.3 Å². The monoisotopic (exact) mass is 306 g/mol. The van der Waals surface area contributed by atoms with Crippen LogP contribution >= 0.6 is 11.6 Å². The second-order valence-electron chi connectivity index (χ2n) is 3.19. The maximum absolute atomic E-state index is 5.90. The molecule has 0 aliphatic carbocycles. The fourth-order valence-electron chi connectivity index (χ4n) is 1.19. The Hall–Kier alpha value is -0.436. The fraction of sp³-hybridized carbons (Fsp3) is 0.0833. The Balaban J connectivity index is 0.00000128. The van der Waals surface area contributed by atoms with Crippen LogP contribution in [0.5, 0.6) is 0 Å². The van der Waals surface area contributed by atoms with Crippen LogP contribution in [-0.2, 0) is 32.7 Å². The summed E-state index contributed by atoms with van der Waals surface area (Å²) in [5, 5.41) is 3.63. The standard InChI is InChI=1S/C12H10ClN2.Y/c1-9-7-8-11(15-12(9)13)14-10-5-3-2-4-6-10;/h2-6,8H,1H3,(H,14,15);/q-1;. The maximum Gasteiger partial charge on any atom is 0.0285 e. The number of para-hydroxylation sites is 1. The summed E-state index contributed by atoms with van der Waals surface area (Å²) in [6.45, 7) is 1.88. The molecule has 1 aromatic heterocycles. The van der Waals surface area contributed by atoms with Crippen LogP contribution in [0.25, 0.3) is 0 Å². The minimum absolute atomic E-state index is 0. The molecule has 1 heterocycles. The number of nitrogens with one attached hydrogen (secondary N) is 1. The summed E-state index contributed by atoms with van der Waals surface area (Å²) in [5.41, 5.74) is 1.84. The second kappa shape index (κ2) is 6.34. The third-order valence-electron chi connectivity index (χ3n) is 2.00. The van der Waals surface area contributed by atoms with E-state index in [4.69, 9.17) is 11.6 Å². The number of hydrogen-bond acceptors (Lipinski definition) is 2. The summed E-state index contributed by atoms with van der Waals surface area (Å²) in [5.74, 6) is 0.705. The van der Waals surface area contributed by atoms with Gasteiger partial charge in [0.05, 0.1) is 0 Å². The van der Waals surface area contributed by atoms with Gasteiger partial charge in [-0.15, -0.1) is 23.2 Å². The van der Waals surface area contributed by atoms with Gasteiger partial charge in [0, 0.05) is 49.4 Å². The zero-order valence-corrected chi connectivity index (χ0v) is 12.5. The first-order valence-electron chi connectivity index (χ1n) is 4.62. The molecule has 16 heavy (non-hydrogen) atoms. The fourth-order valence-corrected chi connectivity index (χ4v) is 1.34. The van der Waals surface area contributed by atoms with Gasteiger partial charge in [0.2, 0.25) is 0 Å². The molecule has 2 aromatic rings. The molecule has 0 fully saturated rings. The van der Waals surface area contributed by atoms with Crippen LogP contribution in [0.15, 0.2) is 36.4 Å². The number of rotatable bonds is 2. The predicted molar refractivity (Wildman–Crippen MR) is 62.5 cm³/mol. The number of pyridine rings is 1. The molecule has 0 spiro atoms. The smallest absolute Gasteiger partial charge is 0.0285 e. The molecular weight excluding hydrogens is 297 g/mol.